The zero-order valence-corrected chi connectivity index (χ0v) is 12.9. The normalized spacial score (nSPS) is 13.0. The van der Waals surface area contributed by atoms with Gasteiger partial charge in [-0.1, -0.05) is 52.3 Å². The molecule has 5 heteroatoms. The number of ether oxygens (including phenoxy) is 1. The molecular weight excluding hydrogens is 345 g/mol. The van der Waals surface area contributed by atoms with Crippen molar-refractivity contribution in [3.8, 4) is 5.75 Å². The van der Waals surface area contributed by atoms with E-state index in [1.807, 2.05) is 31.2 Å². The Morgan fingerprint density at radius 1 is 0.952 bits per heavy atom. The molecule has 0 saturated heterocycles. The Morgan fingerprint density at radius 3 is 1.86 bits per heavy atom. The molecule has 0 aliphatic rings. The maximum absolute atomic E-state index is 12.1. The fourth-order valence-electron chi connectivity index (χ4n) is 1.95. The first-order valence-corrected chi connectivity index (χ1v) is 7.32. The first-order valence-electron chi connectivity index (χ1n) is 6.41. The standard InChI is InChI=1S/C16H14BrF3O/c1-11(17)14-6-2-12(3-7-14)10-13-4-8-15(9-5-13)21-16(18,19)20/h2-9,11H,10H2,1H3. The van der Waals surface area contributed by atoms with Crippen molar-refractivity contribution in [2.75, 3.05) is 0 Å². The van der Waals surface area contributed by atoms with Crippen molar-refractivity contribution < 1.29 is 17.9 Å². The summed E-state index contributed by atoms with van der Waals surface area (Å²) in [5.74, 6) is -0.199. The van der Waals surface area contributed by atoms with Crippen LogP contribution in [-0.4, -0.2) is 6.36 Å². The minimum absolute atomic E-state index is 0.199. The van der Waals surface area contributed by atoms with Gasteiger partial charge < -0.3 is 4.74 Å². The molecule has 0 saturated carbocycles. The van der Waals surface area contributed by atoms with E-state index >= 15 is 0 Å². The molecule has 0 heterocycles. The highest BCUT2D eigenvalue weighted by atomic mass is 79.9. The fraction of sp³-hybridized carbons (Fsp3) is 0.250. The second-order valence-corrected chi connectivity index (χ2v) is 6.10. The molecule has 112 valence electrons. The van der Waals surface area contributed by atoms with Crippen LogP contribution in [-0.2, 0) is 6.42 Å². The summed E-state index contributed by atoms with van der Waals surface area (Å²) in [7, 11) is 0. The summed E-state index contributed by atoms with van der Waals surface area (Å²) < 4.78 is 40.0. The van der Waals surface area contributed by atoms with Crippen LogP contribution in [0.3, 0.4) is 0 Å². The van der Waals surface area contributed by atoms with Gasteiger partial charge in [-0.25, -0.2) is 0 Å². The van der Waals surface area contributed by atoms with E-state index in [9.17, 15) is 13.2 Å². The van der Waals surface area contributed by atoms with Crippen LogP contribution in [0.1, 0.15) is 28.4 Å². The Kier molecular flexibility index (Phi) is 4.93. The number of alkyl halides is 4. The van der Waals surface area contributed by atoms with Gasteiger partial charge in [0.05, 0.1) is 0 Å². The predicted octanol–water partition coefficient (Wildman–Crippen LogP) is 5.63. The van der Waals surface area contributed by atoms with Crippen LogP contribution in [0.25, 0.3) is 0 Å². The van der Waals surface area contributed by atoms with E-state index in [1.54, 1.807) is 12.1 Å². The molecule has 0 aromatic heterocycles. The largest absolute Gasteiger partial charge is 0.573 e. The summed E-state index contributed by atoms with van der Waals surface area (Å²) in [6, 6.07) is 14.1. The van der Waals surface area contributed by atoms with Gasteiger partial charge in [0.25, 0.3) is 0 Å². The third-order valence-corrected chi connectivity index (χ3v) is 3.53. The molecule has 0 spiro atoms. The molecule has 0 aliphatic carbocycles. The molecule has 2 rings (SSSR count). The average Bonchev–Trinajstić information content (AvgIpc) is 2.40. The Balaban J connectivity index is 2.03. The molecule has 0 bridgehead atoms. The maximum Gasteiger partial charge on any atom is 0.573 e. The Labute approximate surface area is 129 Å². The van der Waals surface area contributed by atoms with Crippen LogP contribution in [0.4, 0.5) is 13.2 Å². The fourth-order valence-corrected chi connectivity index (χ4v) is 2.25. The van der Waals surface area contributed by atoms with Crippen molar-refractivity contribution in [2.24, 2.45) is 0 Å². The molecule has 2 aromatic rings. The molecule has 1 atom stereocenters. The van der Waals surface area contributed by atoms with Crippen molar-refractivity contribution in [2.45, 2.75) is 24.5 Å². The Morgan fingerprint density at radius 2 is 1.43 bits per heavy atom. The van der Waals surface area contributed by atoms with Gasteiger partial charge in [0, 0.05) is 4.83 Å². The van der Waals surface area contributed by atoms with E-state index in [-0.39, 0.29) is 5.75 Å². The number of hydrogen-bond donors (Lipinski definition) is 0. The second kappa shape index (κ2) is 6.52. The van der Waals surface area contributed by atoms with Gasteiger partial charge in [-0.2, -0.15) is 0 Å². The summed E-state index contributed by atoms with van der Waals surface area (Å²) in [6.07, 6.45) is -3.98. The zero-order chi connectivity index (χ0) is 15.5. The van der Waals surface area contributed by atoms with E-state index < -0.39 is 6.36 Å². The maximum atomic E-state index is 12.1. The summed E-state index contributed by atoms with van der Waals surface area (Å²) in [5.41, 5.74) is 3.23. The Hall–Kier alpha value is -1.49. The second-order valence-electron chi connectivity index (χ2n) is 4.73. The first kappa shape index (κ1) is 15.9. The quantitative estimate of drug-likeness (QED) is 0.643. The topological polar surface area (TPSA) is 9.23 Å². The van der Waals surface area contributed by atoms with Gasteiger partial charge in [-0.05, 0) is 42.2 Å². The van der Waals surface area contributed by atoms with Crippen molar-refractivity contribution in [3.05, 3.63) is 65.2 Å². The van der Waals surface area contributed by atoms with Gasteiger partial charge in [0.2, 0.25) is 0 Å². The lowest BCUT2D eigenvalue weighted by Crippen LogP contribution is -2.17. The number of benzene rings is 2. The van der Waals surface area contributed by atoms with Crippen molar-refractivity contribution >= 4 is 15.9 Å². The number of rotatable bonds is 4. The molecule has 0 N–H and O–H groups in total. The highest BCUT2D eigenvalue weighted by Crippen LogP contribution is 2.24. The minimum atomic E-state index is -4.65. The zero-order valence-electron chi connectivity index (χ0n) is 11.3. The van der Waals surface area contributed by atoms with E-state index in [4.69, 9.17) is 0 Å². The molecule has 1 unspecified atom stereocenters. The lowest BCUT2D eigenvalue weighted by molar-refractivity contribution is -0.274. The number of halogens is 4. The minimum Gasteiger partial charge on any atom is -0.406 e. The van der Waals surface area contributed by atoms with Crippen molar-refractivity contribution in [1.29, 1.82) is 0 Å². The summed E-state index contributed by atoms with van der Waals surface area (Å²) in [5, 5.41) is 0. The summed E-state index contributed by atoms with van der Waals surface area (Å²) >= 11 is 3.50. The average molecular weight is 359 g/mol. The monoisotopic (exact) mass is 358 g/mol. The molecule has 21 heavy (non-hydrogen) atoms. The molecular formula is C16H14BrF3O. The molecule has 0 amide bonds. The van der Waals surface area contributed by atoms with E-state index in [2.05, 4.69) is 20.7 Å². The summed E-state index contributed by atoms with van der Waals surface area (Å²) in [6.45, 7) is 2.05. The van der Waals surface area contributed by atoms with Gasteiger partial charge in [-0.3, -0.25) is 0 Å². The number of hydrogen-bond acceptors (Lipinski definition) is 1. The molecule has 0 radical (unpaired) electrons. The predicted molar refractivity (Wildman–Crippen MR) is 79.7 cm³/mol. The first-order chi connectivity index (χ1) is 9.83. The van der Waals surface area contributed by atoms with Gasteiger partial charge in [0.15, 0.2) is 0 Å². The van der Waals surface area contributed by atoms with E-state index in [1.165, 1.54) is 17.7 Å². The van der Waals surface area contributed by atoms with Gasteiger partial charge in [0.1, 0.15) is 5.75 Å². The SMILES string of the molecule is CC(Br)c1ccc(Cc2ccc(OC(F)(F)F)cc2)cc1. The van der Waals surface area contributed by atoms with E-state index in [0.29, 0.717) is 11.2 Å². The van der Waals surface area contributed by atoms with Crippen LogP contribution in [0.15, 0.2) is 48.5 Å². The molecule has 0 aliphatic heterocycles. The van der Waals surface area contributed by atoms with Crippen molar-refractivity contribution in [3.63, 3.8) is 0 Å². The van der Waals surface area contributed by atoms with Crippen molar-refractivity contribution in [1.82, 2.24) is 0 Å². The highest BCUT2D eigenvalue weighted by molar-refractivity contribution is 9.09. The van der Waals surface area contributed by atoms with Gasteiger partial charge in [-0.15, -0.1) is 13.2 Å². The van der Waals surface area contributed by atoms with Crippen LogP contribution in [0.5, 0.6) is 5.75 Å². The molecule has 2 aromatic carbocycles. The molecule has 1 nitrogen and oxygen atoms in total. The highest BCUT2D eigenvalue weighted by Gasteiger charge is 2.30. The third-order valence-electron chi connectivity index (χ3n) is 3.00. The lowest BCUT2D eigenvalue weighted by atomic mass is 10.0. The van der Waals surface area contributed by atoms with Crippen LogP contribution in [0, 0.1) is 0 Å². The smallest absolute Gasteiger partial charge is 0.406 e. The van der Waals surface area contributed by atoms with Gasteiger partial charge >= 0.3 is 6.36 Å². The third kappa shape index (κ3) is 5.08. The summed E-state index contributed by atoms with van der Waals surface area (Å²) in [4.78, 5) is 0.297. The van der Waals surface area contributed by atoms with Crippen LogP contribution < -0.4 is 4.74 Å². The Bertz CT molecular complexity index is 574. The van der Waals surface area contributed by atoms with E-state index in [0.717, 1.165) is 11.1 Å². The van der Waals surface area contributed by atoms with Crippen LogP contribution >= 0.6 is 15.9 Å². The van der Waals surface area contributed by atoms with Crippen LogP contribution in [0.2, 0.25) is 0 Å². The lowest BCUT2D eigenvalue weighted by Gasteiger charge is -2.10. The molecule has 0 fully saturated rings.